The number of hydrogen-bond acceptors (Lipinski definition) is 6. The largest absolute Gasteiger partial charge is 0.352 e. The van der Waals surface area contributed by atoms with E-state index >= 15 is 0 Å². The predicted molar refractivity (Wildman–Crippen MR) is 136 cm³/mol. The Bertz CT molecular complexity index is 1480. The molecule has 2 aromatic carbocycles. The maximum absolute atomic E-state index is 12.9. The van der Waals surface area contributed by atoms with E-state index in [9.17, 15) is 4.79 Å². The van der Waals surface area contributed by atoms with Gasteiger partial charge in [0, 0.05) is 41.9 Å². The molecule has 3 heterocycles. The van der Waals surface area contributed by atoms with Crippen molar-refractivity contribution in [2.75, 3.05) is 6.54 Å². The van der Waals surface area contributed by atoms with Gasteiger partial charge in [0.2, 0.25) is 5.16 Å². The SMILES string of the molecule is Cc1cc(C)n2nc(SCc3ccccc3C(=O)NCCc3ccn(-c4ccccc4)n3)nc2n1. The van der Waals surface area contributed by atoms with Crippen molar-refractivity contribution in [1.29, 1.82) is 0 Å². The number of aryl methyl sites for hydroxylation is 2. The van der Waals surface area contributed by atoms with Crippen molar-refractivity contribution < 1.29 is 4.79 Å². The van der Waals surface area contributed by atoms with E-state index < -0.39 is 0 Å². The van der Waals surface area contributed by atoms with Crippen LogP contribution in [0.3, 0.4) is 0 Å². The molecule has 0 fully saturated rings. The Balaban J connectivity index is 1.20. The normalized spacial score (nSPS) is 11.1. The summed E-state index contributed by atoms with van der Waals surface area (Å²) in [6.45, 7) is 4.43. The Morgan fingerprint density at radius 1 is 0.971 bits per heavy atom. The number of fused-ring (bicyclic) bond motifs is 1. The summed E-state index contributed by atoms with van der Waals surface area (Å²) in [6, 6.07) is 21.5. The van der Waals surface area contributed by atoms with E-state index in [-0.39, 0.29) is 5.91 Å². The van der Waals surface area contributed by atoms with E-state index in [1.807, 2.05) is 91.5 Å². The third kappa shape index (κ3) is 5.25. The van der Waals surface area contributed by atoms with Gasteiger partial charge in [-0.3, -0.25) is 4.79 Å². The highest BCUT2D eigenvalue weighted by Crippen LogP contribution is 2.23. The van der Waals surface area contributed by atoms with Crippen LogP contribution in [-0.2, 0) is 12.2 Å². The van der Waals surface area contributed by atoms with Crippen LogP contribution in [0.25, 0.3) is 11.5 Å². The Hall–Kier alpha value is -3.98. The molecule has 0 aliphatic heterocycles. The molecule has 1 amide bonds. The van der Waals surface area contributed by atoms with Crippen LogP contribution >= 0.6 is 11.8 Å². The minimum Gasteiger partial charge on any atom is -0.352 e. The van der Waals surface area contributed by atoms with Crippen LogP contribution in [-0.4, -0.2) is 41.8 Å². The lowest BCUT2D eigenvalue weighted by Crippen LogP contribution is -2.26. The molecular weight excluding hydrogens is 458 g/mol. The molecule has 8 nitrogen and oxygen atoms in total. The number of benzene rings is 2. The van der Waals surface area contributed by atoms with Gasteiger partial charge in [0.1, 0.15) is 0 Å². The smallest absolute Gasteiger partial charge is 0.253 e. The van der Waals surface area contributed by atoms with Crippen molar-refractivity contribution in [3.05, 3.63) is 101 Å². The second-order valence-corrected chi connectivity index (χ2v) is 9.13. The summed E-state index contributed by atoms with van der Waals surface area (Å²) in [5.74, 6) is 1.07. The fourth-order valence-electron chi connectivity index (χ4n) is 3.84. The summed E-state index contributed by atoms with van der Waals surface area (Å²) in [7, 11) is 0. The minimum atomic E-state index is -0.0974. The minimum absolute atomic E-state index is 0.0974. The standard InChI is InChI=1S/C26H25N7OS/c1-18-16-19(2)33-25(28-18)29-26(31-33)35-17-20-8-6-7-11-23(20)24(34)27-14-12-21-13-15-32(30-21)22-9-4-3-5-10-22/h3-11,13,15-16H,12,14,17H2,1-2H3,(H,27,34). The molecule has 0 aliphatic rings. The molecule has 0 aliphatic carbocycles. The molecule has 0 unspecified atom stereocenters. The lowest BCUT2D eigenvalue weighted by atomic mass is 10.1. The number of amides is 1. The molecule has 0 radical (unpaired) electrons. The van der Waals surface area contributed by atoms with Crippen molar-refractivity contribution in [2.24, 2.45) is 0 Å². The number of aromatic nitrogens is 6. The lowest BCUT2D eigenvalue weighted by Gasteiger charge is -2.09. The zero-order chi connectivity index (χ0) is 24.2. The number of nitrogens with one attached hydrogen (secondary N) is 1. The third-order valence-corrected chi connectivity index (χ3v) is 6.44. The number of carbonyl (C=O) groups is 1. The molecule has 0 spiro atoms. The van der Waals surface area contributed by atoms with Gasteiger partial charge in [-0.25, -0.2) is 14.2 Å². The summed E-state index contributed by atoms with van der Waals surface area (Å²) < 4.78 is 3.59. The number of carbonyl (C=O) groups excluding carboxylic acids is 1. The Labute approximate surface area is 207 Å². The molecule has 0 atom stereocenters. The van der Waals surface area contributed by atoms with Crippen molar-refractivity contribution in [3.8, 4) is 5.69 Å². The number of hydrogen-bond donors (Lipinski definition) is 1. The summed E-state index contributed by atoms with van der Waals surface area (Å²) in [4.78, 5) is 21.9. The fraction of sp³-hybridized carbons (Fsp3) is 0.192. The fourth-order valence-corrected chi connectivity index (χ4v) is 4.66. The van der Waals surface area contributed by atoms with Crippen molar-refractivity contribution in [1.82, 2.24) is 34.7 Å². The van der Waals surface area contributed by atoms with Gasteiger partial charge in [-0.1, -0.05) is 48.2 Å². The number of thioether (sulfide) groups is 1. The molecule has 0 saturated heterocycles. The zero-order valence-electron chi connectivity index (χ0n) is 19.5. The molecule has 0 saturated carbocycles. The first-order chi connectivity index (χ1) is 17.1. The van der Waals surface area contributed by atoms with Crippen LogP contribution in [0.1, 0.15) is 33.0 Å². The van der Waals surface area contributed by atoms with E-state index in [4.69, 9.17) is 0 Å². The highest BCUT2D eigenvalue weighted by molar-refractivity contribution is 7.98. The molecular formula is C26H25N7OS. The highest BCUT2D eigenvalue weighted by Gasteiger charge is 2.14. The van der Waals surface area contributed by atoms with Gasteiger partial charge in [-0.2, -0.15) is 10.1 Å². The molecule has 5 aromatic rings. The van der Waals surface area contributed by atoms with Gasteiger partial charge in [0.15, 0.2) is 0 Å². The quantitative estimate of drug-likeness (QED) is 0.333. The van der Waals surface area contributed by atoms with Gasteiger partial charge in [0.05, 0.1) is 11.4 Å². The van der Waals surface area contributed by atoms with Crippen molar-refractivity contribution in [3.63, 3.8) is 0 Å². The second-order valence-electron chi connectivity index (χ2n) is 8.18. The van der Waals surface area contributed by atoms with Crippen LogP contribution in [0, 0.1) is 13.8 Å². The number of nitrogens with zero attached hydrogens (tertiary/aromatic N) is 6. The van der Waals surface area contributed by atoms with E-state index in [1.54, 1.807) is 4.52 Å². The first-order valence-corrected chi connectivity index (χ1v) is 12.4. The van der Waals surface area contributed by atoms with Gasteiger partial charge in [-0.05, 0) is 49.7 Å². The maximum Gasteiger partial charge on any atom is 0.253 e. The topological polar surface area (TPSA) is 90.0 Å². The Morgan fingerprint density at radius 2 is 1.77 bits per heavy atom. The average Bonchev–Trinajstić information content (AvgIpc) is 3.51. The molecule has 176 valence electrons. The van der Waals surface area contributed by atoms with Gasteiger partial charge in [0.25, 0.3) is 11.7 Å². The average molecular weight is 484 g/mol. The number of rotatable bonds is 8. The highest BCUT2D eigenvalue weighted by atomic mass is 32.2. The third-order valence-electron chi connectivity index (χ3n) is 5.55. The first-order valence-electron chi connectivity index (χ1n) is 11.4. The van der Waals surface area contributed by atoms with E-state index in [0.717, 1.165) is 28.3 Å². The molecule has 9 heteroatoms. The summed E-state index contributed by atoms with van der Waals surface area (Å²) in [5.41, 5.74) is 5.42. The van der Waals surface area contributed by atoms with Crippen molar-refractivity contribution in [2.45, 2.75) is 31.2 Å². The first kappa shape index (κ1) is 22.8. The molecule has 5 rings (SSSR count). The molecule has 35 heavy (non-hydrogen) atoms. The Morgan fingerprint density at radius 3 is 2.63 bits per heavy atom. The van der Waals surface area contributed by atoms with Gasteiger partial charge >= 0.3 is 0 Å². The molecule has 0 bridgehead atoms. The predicted octanol–water partition coefficient (Wildman–Crippen LogP) is 4.19. The Kier molecular flexibility index (Phi) is 6.58. The van der Waals surface area contributed by atoms with Crippen LogP contribution in [0.15, 0.2) is 78.1 Å². The van der Waals surface area contributed by atoms with Crippen LogP contribution in [0.5, 0.6) is 0 Å². The summed E-state index contributed by atoms with van der Waals surface area (Å²) in [6.07, 6.45) is 2.59. The van der Waals surface area contributed by atoms with Crippen LogP contribution in [0.4, 0.5) is 0 Å². The van der Waals surface area contributed by atoms with Crippen molar-refractivity contribution >= 4 is 23.4 Å². The number of para-hydroxylation sites is 1. The van der Waals surface area contributed by atoms with Gasteiger partial charge < -0.3 is 5.32 Å². The zero-order valence-corrected chi connectivity index (χ0v) is 20.4. The van der Waals surface area contributed by atoms with Gasteiger partial charge in [-0.15, -0.1) is 5.10 Å². The van der Waals surface area contributed by atoms with E-state index in [0.29, 0.717) is 35.2 Å². The summed E-state index contributed by atoms with van der Waals surface area (Å²) >= 11 is 1.49. The second kappa shape index (κ2) is 10.1. The lowest BCUT2D eigenvalue weighted by molar-refractivity contribution is 0.0953. The van der Waals surface area contributed by atoms with E-state index in [1.165, 1.54) is 11.8 Å². The molecule has 1 N–H and O–H groups in total. The monoisotopic (exact) mass is 483 g/mol. The van der Waals surface area contributed by atoms with Crippen LogP contribution < -0.4 is 5.32 Å². The molecule has 3 aromatic heterocycles. The summed E-state index contributed by atoms with van der Waals surface area (Å²) in [5, 5.41) is 12.8. The maximum atomic E-state index is 12.9. The van der Waals surface area contributed by atoms with Crippen LogP contribution in [0.2, 0.25) is 0 Å². The van der Waals surface area contributed by atoms with E-state index in [2.05, 4.69) is 25.5 Å².